The number of rotatable bonds is 2. The molecule has 0 saturated heterocycles. The van der Waals surface area contributed by atoms with Crippen LogP contribution < -0.4 is 0 Å². The van der Waals surface area contributed by atoms with Crippen molar-refractivity contribution in [1.29, 1.82) is 0 Å². The van der Waals surface area contributed by atoms with Gasteiger partial charge in [0, 0.05) is 22.7 Å². The molecule has 1 fully saturated rings. The largest absolute Gasteiger partial charge is 0.361 e. The fourth-order valence-corrected chi connectivity index (χ4v) is 4.58. The maximum absolute atomic E-state index is 3.49. The Morgan fingerprint density at radius 1 is 1.09 bits per heavy atom. The third-order valence-electron chi connectivity index (χ3n) is 5.95. The number of nitrogens with one attached hydrogen (secondary N) is 1. The van der Waals surface area contributed by atoms with Gasteiger partial charge in [0.15, 0.2) is 0 Å². The van der Waals surface area contributed by atoms with Crippen LogP contribution in [0, 0.1) is 11.8 Å². The molecule has 4 rings (SSSR count). The average molecular weight is 293 g/mol. The number of aromatic nitrogens is 1. The van der Waals surface area contributed by atoms with Crippen LogP contribution >= 0.6 is 0 Å². The predicted molar refractivity (Wildman–Crippen MR) is 95.0 cm³/mol. The van der Waals surface area contributed by atoms with Gasteiger partial charge in [-0.1, -0.05) is 38.8 Å². The quantitative estimate of drug-likeness (QED) is 0.671. The Balaban J connectivity index is 1.73. The fraction of sp³-hybridized carbons (Fsp3) is 0.524. The normalized spacial score (nSPS) is 25.3. The summed E-state index contributed by atoms with van der Waals surface area (Å²) in [7, 11) is 0. The van der Waals surface area contributed by atoms with Crippen LogP contribution in [0.4, 0.5) is 0 Å². The summed E-state index contributed by atoms with van der Waals surface area (Å²) in [5, 5.41) is 1.42. The van der Waals surface area contributed by atoms with Crippen molar-refractivity contribution in [1.82, 2.24) is 4.98 Å². The zero-order valence-electron chi connectivity index (χ0n) is 13.9. The zero-order valence-corrected chi connectivity index (χ0v) is 13.9. The molecule has 0 aliphatic heterocycles. The molecule has 2 unspecified atom stereocenters. The number of H-pyrrole nitrogens is 1. The first-order valence-electron chi connectivity index (χ1n) is 9.03. The molecule has 0 bridgehead atoms. The molecule has 2 aliphatic rings. The van der Waals surface area contributed by atoms with E-state index >= 15 is 0 Å². The lowest BCUT2D eigenvalue weighted by Gasteiger charge is -2.17. The summed E-state index contributed by atoms with van der Waals surface area (Å²) < 4.78 is 0. The van der Waals surface area contributed by atoms with Crippen LogP contribution in [0.25, 0.3) is 16.5 Å². The number of fused-ring (bicyclic) bond motifs is 2. The molecule has 1 nitrogen and oxygen atoms in total. The minimum Gasteiger partial charge on any atom is -0.361 e. The van der Waals surface area contributed by atoms with E-state index in [1.54, 1.807) is 5.57 Å². The van der Waals surface area contributed by atoms with Crippen LogP contribution in [0.1, 0.15) is 69.4 Å². The summed E-state index contributed by atoms with van der Waals surface area (Å²) in [4.78, 5) is 3.49. The summed E-state index contributed by atoms with van der Waals surface area (Å²) in [5.74, 6) is 2.52. The topological polar surface area (TPSA) is 15.8 Å². The molecule has 0 amide bonds. The van der Waals surface area contributed by atoms with E-state index in [1.165, 1.54) is 60.6 Å². The Morgan fingerprint density at radius 3 is 2.82 bits per heavy atom. The van der Waals surface area contributed by atoms with E-state index in [9.17, 15) is 0 Å². The Morgan fingerprint density at radius 2 is 1.95 bits per heavy atom. The molecule has 2 aliphatic carbocycles. The second-order valence-electron chi connectivity index (χ2n) is 7.62. The van der Waals surface area contributed by atoms with Crippen LogP contribution in [0.5, 0.6) is 0 Å². The Bertz CT molecular complexity index is 704. The lowest BCUT2D eigenvalue weighted by molar-refractivity contribution is 0.381. The van der Waals surface area contributed by atoms with Crippen LogP contribution in [0.3, 0.4) is 0 Å². The second-order valence-corrected chi connectivity index (χ2v) is 7.62. The van der Waals surface area contributed by atoms with E-state index in [1.807, 2.05) is 0 Å². The standard InChI is InChI=1S/C21H27N/c1-14(2)16-9-10-21-19(12-16)20(13-22-21)18-8-4-6-15-5-3-7-17(15)11-18/h8-10,12-15,17,22H,3-7,11H2,1-2H3. The molecule has 1 aromatic carbocycles. The molecule has 1 saturated carbocycles. The van der Waals surface area contributed by atoms with E-state index in [-0.39, 0.29) is 0 Å². The monoisotopic (exact) mass is 293 g/mol. The smallest absolute Gasteiger partial charge is 0.0460 e. The summed E-state index contributed by atoms with van der Waals surface area (Å²) in [6, 6.07) is 6.93. The van der Waals surface area contributed by atoms with Gasteiger partial charge in [-0.2, -0.15) is 0 Å². The molecule has 1 heterocycles. The zero-order chi connectivity index (χ0) is 15.1. The maximum atomic E-state index is 3.49. The van der Waals surface area contributed by atoms with Crippen molar-refractivity contribution >= 4 is 16.5 Å². The van der Waals surface area contributed by atoms with Crippen molar-refractivity contribution in [3.8, 4) is 0 Å². The average Bonchev–Trinajstić information content (AvgIpc) is 3.08. The van der Waals surface area contributed by atoms with Gasteiger partial charge >= 0.3 is 0 Å². The molecule has 1 aromatic heterocycles. The maximum Gasteiger partial charge on any atom is 0.0460 e. The summed E-state index contributed by atoms with van der Waals surface area (Å²) in [6.07, 6.45) is 13.1. The molecule has 2 aromatic rings. The highest BCUT2D eigenvalue weighted by Gasteiger charge is 2.29. The van der Waals surface area contributed by atoms with Gasteiger partial charge in [0.2, 0.25) is 0 Å². The van der Waals surface area contributed by atoms with Gasteiger partial charge in [0.1, 0.15) is 0 Å². The van der Waals surface area contributed by atoms with Crippen molar-refractivity contribution in [2.45, 2.75) is 58.3 Å². The van der Waals surface area contributed by atoms with E-state index < -0.39 is 0 Å². The number of benzene rings is 1. The molecule has 1 heteroatoms. The van der Waals surface area contributed by atoms with E-state index in [0.717, 1.165) is 11.8 Å². The SMILES string of the molecule is CC(C)c1ccc2[nH]cc(C3=CCCC4CCCC4C3)c2c1. The molecule has 1 N–H and O–H groups in total. The molecule has 2 atom stereocenters. The van der Waals surface area contributed by atoms with Crippen LogP contribution in [-0.4, -0.2) is 4.98 Å². The first-order chi connectivity index (χ1) is 10.7. The number of hydrogen-bond acceptors (Lipinski definition) is 0. The van der Waals surface area contributed by atoms with Crippen LogP contribution in [0.15, 0.2) is 30.5 Å². The van der Waals surface area contributed by atoms with Gasteiger partial charge < -0.3 is 4.98 Å². The first kappa shape index (κ1) is 14.1. The molecule has 116 valence electrons. The lowest BCUT2D eigenvalue weighted by Crippen LogP contribution is -2.06. The van der Waals surface area contributed by atoms with Gasteiger partial charge in [-0.15, -0.1) is 0 Å². The third kappa shape index (κ3) is 2.41. The van der Waals surface area contributed by atoms with Gasteiger partial charge in [-0.05, 0) is 66.7 Å². The minimum atomic E-state index is 0.592. The van der Waals surface area contributed by atoms with Crippen molar-refractivity contribution in [2.75, 3.05) is 0 Å². The highest BCUT2D eigenvalue weighted by molar-refractivity contribution is 5.93. The van der Waals surface area contributed by atoms with Crippen molar-refractivity contribution in [2.24, 2.45) is 11.8 Å². The number of allylic oxidation sites excluding steroid dienone is 2. The fourth-order valence-electron chi connectivity index (χ4n) is 4.58. The van der Waals surface area contributed by atoms with E-state index in [0.29, 0.717) is 5.92 Å². The van der Waals surface area contributed by atoms with Crippen LogP contribution in [-0.2, 0) is 0 Å². The molecule has 0 radical (unpaired) electrons. The van der Waals surface area contributed by atoms with Crippen molar-refractivity contribution in [3.63, 3.8) is 0 Å². The lowest BCUT2D eigenvalue weighted by atomic mass is 9.88. The van der Waals surface area contributed by atoms with E-state index in [4.69, 9.17) is 0 Å². The highest BCUT2D eigenvalue weighted by atomic mass is 14.7. The summed E-state index contributed by atoms with van der Waals surface area (Å²) >= 11 is 0. The Kier molecular flexibility index (Phi) is 3.60. The number of aromatic amines is 1. The van der Waals surface area contributed by atoms with Crippen LogP contribution in [0.2, 0.25) is 0 Å². The van der Waals surface area contributed by atoms with E-state index in [2.05, 4.69) is 49.3 Å². The van der Waals surface area contributed by atoms with Gasteiger partial charge in [0.25, 0.3) is 0 Å². The molecule has 22 heavy (non-hydrogen) atoms. The van der Waals surface area contributed by atoms with Gasteiger partial charge in [-0.3, -0.25) is 0 Å². The molecular weight excluding hydrogens is 266 g/mol. The van der Waals surface area contributed by atoms with Crippen molar-refractivity contribution in [3.05, 3.63) is 41.6 Å². The summed E-state index contributed by atoms with van der Waals surface area (Å²) in [6.45, 7) is 4.56. The summed E-state index contributed by atoms with van der Waals surface area (Å²) in [5.41, 5.74) is 5.79. The molecular formula is C21H27N. The van der Waals surface area contributed by atoms with Crippen molar-refractivity contribution < 1.29 is 0 Å². The first-order valence-corrected chi connectivity index (χ1v) is 9.03. The van der Waals surface area contributed by atoms with Gasteiger partial charge in [0.05, 0.1) is 0 Å². The minimum absolute atomic E-state index is 0.592. The predicted octanol–water partition coefficient (Wildman–Crippen LogP) is 6.27. The second kappa shape index (κ2) is 5.61. The van der Waals surface area contributed by atoms with Gasteiger partial charge in [-0.25, -0.2) is 0 Å². The third-order valence-corrected chi connectivity index (χ3v) is 5.95. The number of hydrogen-bond donors (Lipinski definition) is 1. The Hall–Kier alpha value is -1.50. The Labute approximate surface area is 133 Å². The highest BCUT2D eigenvalue weighted by Crippen LogP contribution is 2.44. The molecule has 0 spiro atoms.